The van der Waals surface area contributed by atoms with Gasteiger partial charge in [-0.15, -0.1) is 11.3 Å². The second kappa shape index (κ2) is 8.18. The molecule has 1 aromatic carbocycles. The lowest BCUT2D eigenvalue weighted by Crippen LogP contribution is -2.20. The van der Waals surface area contributed by atoms with Gasteiger partial charge in [-0.05, 0) is 35.2 Å². The van der Waals surface area contributed by atoms with Gasteiger partial charge in [-0.3, -0.25) is 4.79 Å². The number of rotatable bonds is 5. The Balaban J connectivity index is 1.50. The highest BCUT2D eigenvalue weighted by Crippen LogP contribution is 2.31. The van der Waals surface area contributed by atoms with E-state index in [0.29, 0.717) is 35.3 Å². The fraction of sp³-hybridized carbons (Fsp3) is 0.167. The molecule has 0 bridgehead atoms. The van der Waals surface area contributed by atoms with Gasteiger partial charge in [0.2, 0.25) is 0 Å². The van der Waals surface area contributed by atoms with Crippen molar-refractivity contribution >= 4 is 34.3 Å². The number of nitrogens with zero attached hydrogens (tertiary/aromatic N) is 1. The highest BCUT2D eigenvalue weighted by molar-refractivity contribution is 7.14. The summed E-state index contributed by atoms with van der Waals surface area (Å²) in [5.41, 5.74) is 1.11. The molecule has 0 saturated carbocycles. The monoisotopic (exact) mass is 370 g/mol. The van der Waals surface area contributed by atoms with Crippen LogP contribution in [0.25, 0.3) is 6.08 Å². The first kappa shape index (κ1) is 17.5. The number of ether oxygens (including phenoxy) is 3. The number of hydrogen-bond donors (Lipinski definition) is 1. The van der Waals surface area contributed by atoms with Gasteiger partial charge in [0.05, 0.1) is 5.56 Å². The van der Waals surface area contributed by atoms with Crippen molar-refractivity contribution in [3.05, 3.63) is 46.8 Å². The van der Waals surface area contributed by atoms with E-state index in [1.165, 1.54) is 17.4 Å². The second-order valence-electron chi connectivity index (χ2n) is 5.17. The molecule has 0 unspecified atom stereocenters. The van der Waals surface area contributed by atoms with Crippen LogP contribution >= 0.6 is 11.3 Å². The number of carbonyl (C=O) groups excluding carboxylic acids is 2. The Morgan fingerprint density at radius 2 is 2.08 bits per heavy atom. The average molecular weight is 370 g/mol. The Morgan fingerprint density at radius 1 is 1.27 bits per heavy atom. The largest absolute Gasteiger partial charge is 0.486 e. The van der Waals surface area contributed by atoms with Crippen LogP contribution in [0.2, 0.25) is 0 Å². The topological polar surface area (TPSA) is 97.7 Å². The Bertz CT molecular complexity index is 897. The zero-order valence-corrected chi connectivity index (χ0v) is 14.4. The lowest BCUT2D eigenvalue weighted by atomic mass is 10.2. The number of fused-ring (bicyclic) bond motifs is 1. The second-order valence-corrected chi connectivity index (χ2v) is 6.08. The molecule has 0 radical (unpaired) electrons. The quantitative estimate of drug-likeness (QED) is 0.642. The molecule has 1 amide bonds. The number of hydrogen-bond acceptors (Lipinski definition) is 7. The van der Waals surface area contributed by atoms with Crippen LogP contribution < -0.4 is 14.8 Å². The summed E-state index contributed by atoms with van der Waals surface area (Å²) in [4.78, 5) is 23.5. The summed E-state index contributed by atoms with van der Waals surface area (Å²) in [6.07, 6.45) is 2.79. The van der Waals surface area contributed by atoms with Crippen molar-refractivity contribution in [2.45, 2.75) is 0 Å². The SMILES string of the molecule is N#Cc1ccsc1NC(=O)COC(=O)/C=C/c1ccc2c(c1)OCCO2. The lowest BCUT2D eigenvalue weighted by Gasteiger charge is -2.18. The van der Waals surface area contributed by atoms with E-state index < -0.39 is 18.5 Å². The molecule has 0 aliphatic carbocycles. The van der Waals surface area contributed by atoms with Gasteiger partial charge in [0.15, 0.2) is 18.1 Å². The summed E-state index contributed by atoms with van der Waals surface area (Å²) in [5.74, 6) is 0.125. The van der Waals surface area contributed by atoms with Gasteiger partial charge in [0.1, 0.15) is 24.3 Å². The van der Waals surface area contributed by atoms with Crippen molar-refractivity contribution in [3.8, 4) is 17.6 Å². The van der Waals surface area contributed by atoms with Crippen molar-refractivity contribution in [1.29, 1.82) is 5.26 Å². The van der Waals surface area contributed by atoms with Crippen LogP contribution in [0.4, 0.5) is 5.00 Å². The summed E-state index contributed by atoms with van der Waals surface area (Å²) < 4.78 is 15.8. The number of anilines is 1. The Labute approximate surface area is 153 Å². The number of benzene rings is 1. The van der Waals surface area contributed by atoms with E-state index in [2.05, 4.69) is 5.32 Å². The molecule has 1 aliphatic rings. The molecular formula is C18H14N2O5S. The highest BCUT2D eigenvalue weighted by atomic mass is 32.1. The Hall–Kier alpha value is -3.31. The summed E-state index contributed by atoms with van der Waals surface area (Å²) in [7, 11) is 0. The van der Waals surface area contributed by atoms with Crippen LogP contribution in [0, 0.1) is 11.3 Å². The molecule has 8 heteroatoms. The minimum atomic E-state index is -0.651. The maximum Gasteiger partial charge on any atom is 0.331 e. The number of carbonyl (C=O) groups is 2. The highest BCUT2D eigenvalue weighted by Gasteiger charge is 2.12. The van der Waals surface area contributed by atoms with E-state index in [4.69, 9.17) is 19.5 Å². The zero-order chi connectivity index (χ0) is 18.4. The van der Waals surface area contributed by atoms with Crippen LogP contribution in [0.15, 0.2) is 35.7 Å². The van der Waals surface area contributed by atoms with Gasteiger partial charge in [0.25, 0.3) is 5.91 Å². The molecule has 2 aromatic rings. The molecular weight excluding hydrogens is 356 g/mol. The number of amides is 1. The van der Waals surface area contributed by atoms with Gasteiger partial charge in [-0.1, -0.05) is 6.07 Å². The van der Waals surface area contributed by atoms with Crippen molar-refractivity contribution < 1.29 is 23.8 Å². The molecule has 7 nitrogen and oxygen atoms in total. The van der Waals surface area contributed by atoms with E-state index >= 15 is 0 Å². The predicted octanol–water partition coefficient (Wildman–Crippen LogP) is 2.59. The first-order valence-electron chi connectivity index (χ1n) is 7.67. The Kier molecular flexibility index (Phi) is 5.51. The predicted molar refractivity (Wildman–Crippen MR) is 95.1 cm³/mol. The van der Waals surface area contributed by atoms with Gasteiger partial charge in [-0.2, -0.15) is 5.26 Å². The fourth-order valence-corrected chi connectivity index (χ4v) is 2.92. The van der Waals surface area contributed by atoms with Gasteiger partial charge < -0.3 is 19.5 Å². The van der Waals surface area contributed by atoms with Crippen LogP contribution in [-0.2, 0) is 14.3 Å². The maximum absolute atomic E-state index is 11.8. The number of thiophene rings is 1. The summed E-state index contributed by atoms with van der Waals surface area (Å²) in [6, 6.07) is 8.86. The third-order valence-corrected chi connectivity index (χ3v) is 4.19. The number of esters is 1. The zero-order valence-electron chi connectivity index (χ0n) is 13.6. The standard InChI is InChI=1S/C18H14N2O5S/c19-10-13-5-8-26-18(13)20-16(21)11-25-17(22)4-2-12-1-3-14-15(9-12)24-7-6-23-14/h1-5,8-9H,6-7,11H2,(H,20,21)/b4-2+. The minimum Gasteiger partial charge on any atom is -0.486 e. The molecule has 3 rings (SSSR count). The maximum atomic E-state index is 11.8. The molecule has 2 heterocycles. The molecule has 1 aliphatic heterocycles. The van der Waals surface area contributed by atoms with Gasteiger partial charge >= 0.3 is 5.97 Å². The fourth-order valence-electron chi connectivity index (χ4n) is 2.17. The van der Waals surface area contributed by atoms with Crippen LogP contribution in [0.1, 0.15) is 11.1 Å². The minimum absolute atomic E-state index is 0.369. The lowest BCUT2D eigenvalue weighted by molar-refractivity contribution is -0.142. The first-order valence-corrected chi connectivity index (χ1v) is 8.55. The summed E-state index contributed by atoms with van der Waals surface area (Å²) >= 11 is 1.22. The molecule has 1 aromatic heterocycles. The van der Waals surface area contributed by atoms with Gasteiger partial charge in [-0.25, -0.2) is 4.79 Å². The van der Waals surface area contributed by atoms with Gasteiger partial charge in [0, 0.05) is 6.08 Å². The molecule has 0 saturated heterocycles. The van der Waals surface area contributed by atoms with E-state index in [-0.39, 0.29) is 0 Å². The third-order valence-electron chi connectivity index (χ3n) is 3.36. The molecule has 0 fully saturated rings. The van der Waals surface area contributed by atoms with E-state index in [1.54, 1.807) is 35.7 Å². The third kappa shape index (κ3) is 4.40. The number of nitrogens with one attached hydrogen (secondary N) is 1. The molecule has 0 atom stereocenters. The normalized spacial score (nSPS) is 12.4. The van der Waals surface area contributed by atoms with Crippen LogP contribution in [0.3, 0.4) is 0 Å². The molecule has 1 N–H and O–H groups in total. The number of nitriles is 1. The van der Waals surface area contributed by atoms with Crippen molar-refractivity contribution in [3.63, 3.8) is 0 Å². The van der Waals surface area contributed by atoms with Crippen LogP contribution in [0.5, 0.6) is 11.5 Å². The van der Waals surface area contributed by atoms with E-state index in [9.17, 15) is 9.59 Å². The van der Waals surface area contributed by atoms with Crippen molar-refractivity contribution in [1.82, 2.24) is 0 Å². The summed E-state index contributed by atoms with van der Waals surface area (Å²) in [5, 5.41) is 13.5. The molecule has 26 heavy (non-hydrogen) atoms. The first-order chi connectivity index (χ1) is 12.7. The molecule has 0 spiro atoms. The van der Waals surface area contributed by atoms with Crippen LogP contribution in [-0.4, -0.2) is 31.7 Å². The average Bonchev–Trinajstić information content (AvgIpc) is 3.11. The summed E-state index contributed by atoms with van der Waals surface area (Å²) in [6.45, 7) is 0.556. The Morgan fingerprint density at radius 3 is 2.88 bits per heavy atom. The molecule has 132 valence electrons. The van der Waals surface area contributed by atoms with E-state index in [1.807, 2.05) is 6.07 Å². The smallest absolute Gasteiger partial charge is 0.331 e. The van der Waals surface area contributed by atoms with Crippen molar-refractivity contribution in [2.75, 3.05) is 25.1 Å². The van der Waals surface area contributed by atoms with E-state index in [0.717, 1.165) is 5.56 Å². The van der Waals surface area contributed by atoms with Crippen molar-refractivity contribution in [2.24, 2.45) is 0 Å².